The standard InChI is InChI=1S/C26H27N.C18H19N.C7H7NO/c1-18-6-3-8-21-14-16-26(24(18)21)17-15-22-10-5-9-20(25(22)26)12-13-23-11-4-7-19(2)27-23;1-12-4-2-5-13-8-10-18(16(12)13)11-9-14-6-3-7-15(19)17(14)18;1-6-3-2-4-7(5-9)8-6/h3-11H,12-17H2,1-2H3;2-7H,8-11,19H2,1H3;2-5H,1H3/t26-;18-;/m11./s1. The molecule has 0 bridgehead atoms. The van der Waals surface area contributed by atoms with Gasteiger partial charge in [0.1, 0.15) is 5.69 Å². The Hall–Kier alpha value is -5.35. The summed E-state index contributed by atoms with van der Waals surface area (Å²) >= 11 is 0. The highest BCUT2D eigenvalue weighted by atomic mass is 16.1. The zero-order chi connectivity index (χ0) is 38.2. The number of carbonyl (C=O) groups is 1. The van der Waals surface area contributed by atoms with E-state index in [1.807, 2.05) is 19.1 Å². The van der Waals surface area contributed by atoms with Gasteiger partial charge in [-0.05, 0) is 183 Å². The average molecular weight is 724 g/mol. The molecule has 2 aromatic heterocycles. The molecule has 0 saturated heterocycles. The summed E-state index contributed by atoms with van der Waals surface area (Å²) in [5.74, 6) is 0. The van der Waals surface area contributed by atoms with E-state index in [4.69, 9.17) is 10.7 Å². The molecular formula is C51H53N3O. The van der Waals surface area contributed by atoms with Crippen LogP contribution in [0.3, 0.4) is 0 Å². The summed E-state index contributed by atoms with van der Waals surface area (Å²) in [4.78, 5) is 18.7. The third-order valence-corrected chi connectivity index (χ3v) is 13.0. The minimum absolute atomic E-state index is 0.210. The van der Waals surface area contributed by atoms with E-state index in [-0.39, 0.29) is 10.8 Å². The van der Waals surface area contributed by atoms with Crippen molar-refractivity contribution in [1.82, 2.24) is 9.97 Å². The van der Waals surface area contributed by atoms with Gasteiger partial charge in [-0.2, -0.15) is 0 Å². The fraction of sp³-hybridized carbons (Fsp3) is 0.314. The Bertz CT molecular complexity index is 2330. The number of anilines is 1. The number of benzene rings is 4. The van der Waals surface area contributed by atoms with Crippen LogP contribution in [0.25, 0.3) is 0 Å². The number of fused-ring (bicyclic) bond motifs is 8. The van der Waals surface area contributed by atoms with Gasteiger partial charge < -0.3 is 5.73 Å². The van der Waals surface area contributed by atoms with Crippen LogP contribution in [0.4, 0.5) is 5.69 Å². The van der Waals surface area contributed by atoms with Crippen molar-refractivity contribution in [2.24, 2.45) is 0 Å². The summed E-state index contributed by atoms with van der Waals surface area (Å²) in [6.45, 7) is 8.50. The molecule has 4 nitrogen and oxygen atoms in total. The van der Waals surface area contributed by atoms with Crippen LogP contribution in [-0.2, 0) is 49.4 Å². The van der Waals surface area contributed by atoms with Crippen molar-refractivity contribution in [3.05, 3.63) is 193 Å². The molecule has 0 fully saturated rings. The number of carbonyl (C=O) groups excluding carboxylic acids is 1. The van der Waals surface area contributed by atoms with Gasteiger partial charge in [-0.15, -0.1) is 0 Å². The lowest BCUT2D eigenvalue weighted by Crippen LogP contribution is -2.24. The largest absolute Gasteiger partial charge is 0.398 e. The maximum Gasteiger partial charge on any atom is 0.168 e. The molecule has 6 aromatic rings. The second kappa shape index (κ2) is 15.1. The van der Waals surface area contributed by atoms with Gasteiger partial charge in [-0.25, -0.2) is 0 Å². The Morgan fingerprint density at radius 2 is 1.00 bits per heavy atom. The quantitative estimate of drug-likeness (QED) is 0.145. The molecule has 2 spiro atoms. The molecule has 4 heteroatoms. The maximum absolute atomic E-state index is 10.1. The summed E-state index contributed by atoms with van der Waals surface area (Å²) in [5.41, 5.74) is 28.4. The molecule has 0 aliphatic heterocycles. The molecule has 0 unspecified atom stereocenters. The van der Waals surface area contributed by atoms with Crippen molar-refractivity contribution in [3.8, 4) is 0 Å². The van der Waals surface area contributed by atoms with Crippen molar-refractivity contribution >= 4 is 12.0 Å². The van der Waals surface area contributed by atoms with E-state index in [0.717, 1.165) is 36.2 Å². The second-order valence-corrected chi connectivity index (χ2v) is 16.3. The number of rotatable bonds is 4. The number of hydrogen-bond acceptors (Lipinski definition) is 4. The van der Waals surface area contributed by atoms with Gasteiger partial charge in [0.2, 0.25) is 0 Å². The first-order chi connectivity index (χ1) is 26.7. The van der Waals surface area contributed by atoms with Gasteiger partial charge in [0.05, 0.1) is 0 Å². The van der Waals surface area contributed by atoms with Gasteiger partial charge in [0, 0.05) is 33.6 Å². The SMILES string of the molecule is Cc1cccc(C=O)n1.Cc1cccc(CCc2cccc3c2[C@]2(CCc4cccc(C)c42)CC3)n1.Cc1cccc2c1[C@@]1(CC2)CCc2cccc(N)c21. The molecule has 10 rings (SSSR count). The highest BCUT2D eigenvalue weighted by Crippen LogP contribution is 2.56. The maximum atomic E-state index is 10.1. The lowest BCUT2D eigenvalue weighted by molar-refractivity contribution is 0.111. The van der Waals surface area contributed by atoms with Crippen molar-refractivity contribution in [1.29, 1.82) is 0 Å². The van der Waals surface area contributed by atoms with Gasteiger partial charge in [0.15, 0.2) is 6.29 Å². The summed E-state index contributed by atoms with van der Waals surface area (Å²) < 4.78 is 0. The van der Waals surface area contributed by atoms with Crippen molar-refractivity contribution in [2.45, 2.75) is 103 Å². The molecule has 4 aromatic carbocycles. The van der Waals surface area contributed by atoms with Gasteiger partial charge in [-0.1, -0.05) is 78.9 Å². The summed E-state index contributed by atoms with van der Waals surface area (Å²) in [5, 5.41) is 0. The predicted octanol–water partition coefficient (Wildman–Crippen LogP) is 10.6. The molecule has 4 aliphatic rings. The van der Waals surface area contributed by atoms with Crippen molar-refractivity contribution in [3.63, 3.8) is 0 Å². The third-order valence-electron chi connectivity index (χ3n) is 13.0. The Labute approximate surface area is 327 Å². The lowest BCUT2D eigenvalue weighted by atomic mass is 9.73. The lowest BCUT2D eigenvalue weighted by Gasteiger charge is -2.30. The van der Waals surface area contributed by atoms with Crippen LogP contribution in [0.5, 0.6) is 0 Å². The molecule has 0 saturated carbocycles. The number of pyridine rings is 2. The monoisotopic (exact) mass is 723 g/mol. The zero-order valence-corrected chi connectivity index (χ0v) is 32.9. The molecule has 2 heterocycles. The molecule has 278 valence electrons. The molecule has 2 atom stereocenters. The average Bonchev–Trinajstić information content (AvgIpc) is 3.97. The van der Waals surface area contributed by atoms with E-state index < -0.39 is 0 Å². The second-order valence-electron chi connectivity index (χ2n) is 16.3. The zero-order valence-electron chi connectivity index (χ0n) is 32.9. The van der Waals surface area contributed by atoms with Crippen LogP contribution in [0.15, 0.2) is 109 Å². The number of nitrogen functional groups attached to an aromatic ring is 1. The summed E-state index contributed by atoms with van der Waals surface area (Å²) in [7, 11) is 0. The van der Waals surface area contributed by atoms with Crippen molar-refractivity contribution in [2.75, 3.05) is 5.73 Å². The van der Waals surface area contributed by atoms with Crippen molar-refractivity contribution < 1.29 is 4.79 Å². The molecule has 0 amide bonds. The Balaban J connectivity index is 0.000000132. The van der Waals surface area contributed by atoms with Crippen LogP contribution < -0.4 is 5.73 Å². The molecule has 55 heavy (non-hydrogen) atoms. The van der Waals surface area contributed by atoms with Crippen LogP contribution in [0.2, 0.25) is 0 Å². The first-order valence-corrected chi connectivity index (χ1v) is 20.2. The molecule has 0 radical (unpaired) electrons. The van der Waals surface area contributed by atoms with E-state index in [1.165, 1.54) is 84.9 Å². The fourth-order valence-electron chi connectivity index (χ4n) is 10.9. The van der Waals surface area contributed by atoms with E-state index in [0.29, 0.717) is 5.69 Å². The van der Waals surface area contributed by atoms with E-state index in [1.54, 1.807) is 39.4 Å². The van der Waals surface area contributed by atoms with Crippen LogP contribution >= 0.6 is 0 Å². The van der Waals surface area contributed by atoms with Crippen LogP contribution in [-0.4, -0.2) is 16.3 Å². The number of hydrogen-bond donors (Lipinski definition) is 1. The molecule has 4 aliphatic carbocycles. The number of nitrogens with two attached hydrogens (primary N) is 1. The first-order valence-electron chi connectivity index (χ1n) is 20.2. The number of aldehydes is 1. The molecule has 2 N–H and O–H groups in total. The number of aryl methyl sites for hydroxylation is 10. The normalized spacial score (nSPS) is 19.5. The summed E-state index contributed by atoms with van der Waals surface area (Å²) in [6.07, 6.45) is 12.7. The Morgan fingerprint density at radius 1 is 0.527 bits per heavy atom. The Kier molecular flexibility index (Phi) is 10.0. The van der Waals surface area contributed by atoms with E-state index >= 15 is 0 Å². The highest BCUT2D eigenvalue weighted by molar-refractivity contribution is 5.71. The minimum Gasteiger partial charge on any atom is -0.398 e. The third kappa shape index (κ3) is 6.71. The van der Waals surface area contributed by atoms with Gasteiger partial charge in [-0.3, -0.25) is 14.8 Å². The van der Waals surface area contributed by atoms with Gasteiger partial charge >= 0.3 is 0 Å². The first kappa shape index (κ1) is 36.6. The topological polar surface area (TPSA) is 68.9 Å². The van der Waals surface area contributed by atoms with Gasteiger partial charge in [0.25, 0.3) is 0 Å². The smallest absolute Gasteiger partial charge is 0.168 e. The summed E-state index contributed by atoms with van der Waals surface area (Å²) in [6, 6.07) is 38.8. The van der Waals surface area contributed by atoms with E-state index in [2.05, 4.69) is 117 Å². The Morgan fingerprint density at radius 3 is 1.55 bits per heavy atom. The minimum atomic E-state index is 0.210. The number of aromatic nitrogens is 2. The number of nitrogens with zero attached hydrogens (tertiary/aromatic N) is 2. The van der Waals surface area contributed by atoms with Crippen LogP contribution in [0, 0.1) is 27.7 Å². The van der Waals surface area contributed by atoms with Crippen LogP contribution in [0.1, 0.15) is 114 Å². The fourth-order valence-corrected chi connectivity index (χ4v) is 10.9. The highest BCUT2D eigenvalue weighted by Gasteiger charge is 2.47. The predicted molar refractivity (Wildman–Crippen MR) is 225 cm³/mol. The van der Waals surface area contributed by atoms with E-state index in [9.17, 15) is 4.79 Å². The molecular weight excluding hydrogens is 671 g/mol.